The Hall–Kier alpha value is -2.37. The van der Waals surface area contributed by atoms with Crippen molar-refractivity contribution in [3.05, 3.63) is 12.7 Å². The van der Waals surface area contributed by atoms with Crippen LogP contribution in [-0.2, 0) is 142 Å². The normalized spacial score (nSPS) is 14.4. The molecule has 3 amide bonds. The third-order valence-corrected chi connectivity index (χ3v) is 27.2. The van der Waals surface area contributed by atoms with Crippen LogP contribution in [0.15, 0.2) is 12.7 Å². The Bertz CT molecular complexity index is 2460. The molecule has 3 aliphatic rings. The molecule has 0 unspecified atom stereocenters. The first-order valence-corrected chi connectivity index (χ1v) is 54.9. The van der Waals surface area contributed by atoms with Gasteiger partial charge in [-0.25, -0.2) is 0 Å². The first-order valence-electron chi connectivity index (χ1n) is 47.7. The van der Waals surface area contributed by atoms with Gasteiger partial charge in [-0.2, -0.15) is 0 Å². The summed E-state index contributed by atoms with van der Waals surface area (Å²) in [4.78, 5) is 65.2. The van der Waals surface area contributed by atoms with Crippen LogP contribution in [0.2, 0.25) is 0 Å². The number of ether oxygens (including phenoxy) is 24. The van der Waals surface area contributed by atoms with E-state index in [0.29, 0.717) is 369 Å². The number of carboxylic acid groups (broad SMARTS) is 3. The molecule has 3 saturated heterocycles. The van der Waals surface area contributed by atoms with Crippen LogP contribution >= 0.6 is 64.8 Å². The van der Waals surface area contributed by atoms with Gasteiger partial charge in [-0.05, 0) is 83.5 Å². The van der Waals surface area contributed by atoms with E-state index in [1.807, 2.05) is 64.8 Å². The van der Waals surface area contributed by atoms with E-state index in [0.717, 1.165) is 86.4 Å². The van der Waals surface area contributed by atoms with Gasteiger partial charge in [0, 0.05) is 106 Å². The molecular weight excluding hydrogens is 1870 g/mol. The number of hydrogen-bond acceptors (Lipinski definition) is 36. The van der Waals surface area contributed by atoms with E-state index >= 15 is 0 Å². The summed E-state index contributed by atoms with van der Waals surface area (Å²) in [5.41, 5.74) is 0. The third kappa shape index (κ3) is 117. The van der Waals surface area contributed by atoms with Gasteiger partial charge < -0.3 is 145 Å². The molecular formula is C91H178FN3O33S6. The highest BCUT2D eigenvalue weighted by Crippen LogP contribution is 2.41. The summed E-state index contributed by atoms with van der Waals surface area (Å²) in [6.45, 7) is 31.0. The van der Waals surface area contributed by atoms with Crippen molar-refractivity contribution >= 4 is 100 Å². The minimum Gasteiger partial charge on any atom is -0.481 e. The number of amides is 3. The molecule has 3 heterocycles. The summed E-state index contributed by atoms with van der Waals surface area (Å²) in [6.07, 6.45) is 23.0. The van der Waals surface area contributed by atoms with E-state index in [1.165, 1.54) is 55.8 Å². The Labute approximate surface area is 826 Å². The van der Waals surface area contributed by atoms with E-state index in [1.54, 1.807) is 13.0 Å². The van der Waals surface area contributed by atoms with Gasteiger partial charge in [-0.1, -0.05) is 117 Å². The third-order valence-electron chi connectivity index (χ3n) is 18.1. The molecule has 0 saturated carbocycles. The molecule has 6 N–H and O–H groups in total. The fraction of sp³-hybridized carbons (Fsp3) is 0.912. The van der Waals surface area contributed by atoms with Gasteiger partial charge >= 0.3 is 17.9 Å². The highest BCUT2D eigenvalue weighted by Gasteiger charge is 2.19. The van der Waals surface area contributed by atoms with Crippen molar-refractivity contribution in [2.75, 3.05) is 354 Å². The summed E-state index contributed by atoms with van der Waals surface area (Å²) >= 11 is 0. The molecule has 0 spiro atoms. The van der Waals surface area contributed by atoms with Gasteiger partial charge in [-0.15, -0.1) is 6.58 Å². The summed E-state index contributed by atoms with van der Waals surface area (Å²) in [5.74, 6) is 1.92. The smallest absolute Gasteiger partial charge is 0.303 e. The Morgan fingerprint density at radius 3 is 0.634 bits per heavy atom. The van der Waals surface area contributed by atoms with Crippen molar-refractivity contribution in [2.45, 2.75) is 184 Å². The van der Waals surface area contributed by atoms with Crippen molar-refractivity contribution in [3.8, 4) is 0 Å². The molecule has 43 heteroatoms. The number of carbonyl (C=O) groups is 6. The molecule has 0 aromatic carbocycles. The highest BCUT2D eigenvalue weighted by atomic mass is 33.1. The molecule has 3 fully saturated rings. The van der Waals surface area contributed by atoms with Crippen LogP contribution in [0.5, 0.6) is 0 Å². The van der Waals surface area contributed by atoms with Crippen LogP contribution in [0, 0.1) is 0 Å². The Morgan fingerprint density at radius 1 is 0.269 bits per heavy atom. The topological polar surface area (TPSA) is 421 Å². The van der Waals surface area contributed by atoms with Gasteiger partial charge in [-0.3, -0.25) is 33.5 Å². The first-order chi connectivity index (χ1) is 65.0. The summed E-state index contributed by atoms with van der Waals surface area (Å²) in [5, 5.41) is 35.7. The van der Waals surface area contributed by atoms with Gasteiger partial charge in [0.05, 0.1) is 304 Å². The minimum atomic E-state index is -0.751. The van der Waals surface area contributed by atoms with Crippen molar-refractivity contribution < 1.29 is 164 Å². The summed E-state index contributed by atoms with van der Waals surface area (Å²) in [7, 11) is 11.9. The lowest BCUT2D eigenvalue weighted by atomic mass is 10.1. The maximum absolute atomic E-state index is 11.9. The standard InChI is InChI=1S/C41H78N2O14S2.C38H73NO15S2.C8H14O2S2.C3H6O2.CH4.FH.H2/c1-2-12-42-40(44)9-4-3-7-14-46-16-18-48-20-22-50-24-26-52-28-30-54-32-34-56-36-37-57-35-33-55-31-29-53-27-25-51-23-21-49-19-17-47-15-13-43-41(45)10-6-5-8-39-11-38-58-59-39;40-37(7-4-3-6-36-9-35-55-56-36)39-10-12-44-14-16-46-18-20-48-22-24-50-26-28-52-30-32-54-34-33-53-31-29-51-27-25-49-23-21-47-19-17-45-15-13-43-11-5-1-2-8-38(41)42;9-8(10)4-2-1-3-7-5-6-11-12-7;1-2-3(4)5;;;/h2,39H,1,3-38H2,(H,42,44)(H,43,45);36H,1-35H2,(H,39,40)(H,41,42);7H,1-6H2,(H,9,10);2H2,1H3,(H,4,5);1H4;2*1H/t39-;36-;7-;;;;/m111..../s1. The fourth-order valence-corrected chi connectivity index (χ4v) is 20.1. The van der Waals surface area contributed by atoms with E-state index in [4.69, 9.17) is 129 Å². The number of unbranched alkanes of at least 4 members (excludes halogenated alkanes) is 7. The number of carbonyl (C=O) groups excluding carboxylic acids is 3. The molecule has 798 valence electrons. The van der Waals surface area contributed by atoms with Crippen LogP contribution in [0.4, 0.5) is 4.70 Å². The monoisotopic (exact) mass is 2050 g/mol. The van der Waals surface area contributed by atoms with Gasteiger partial charge in [0.15, 0.2) is 0 Å². The van der Waals surface area contributed by atoms with Crippen molar-refractivity contribution in [1.82, 2.24) is 16.0 Å². The van der Waals surface area contributed by atoms with E-state index in [9.17, 15) is 28.8 Å². The van der Waals surface area contributed by atoms with Crippen LogP contribution < -0.4 is 16.0 Å². The average molecular weight is 2050 g/mol. The molecule has 0 aromatic heterocycles. The number of halogens is 1. The number of nitrogens with one attached hydrogen (secondary N) is 3. The second-order valence-corrected chi connectivity index (χ2v) is 37.7. The average Bonchev–Trinajstić information content (AvgIpc) is 1.86. The van der Waals surface area contributed by atoms with Gasteiger partial charge in [0.25, 0.3) is 0 Å². The molecule has 36 nitrogen and oxygen atoms in total. The predicted octanol–water partition coefficient (Wildman–Crippen LogP) is 11.8. The van der Waals surface area contributed by atoms with Crippen LogP contribution in [0.1, 0.15) is 170 Å². The van der Waals surface area contributed by atoms with Crippen molar-refractivity contribution in [2.24, 2.45) is 0 Å². The van der Waals surface area contributed by atoms with Gasteiger partial charge in [0.1, 0.15) is 0 Å². The molecule has 0 bridgehead atoms. The summed E-state index contributed by atoms with van der Waals surface area (Å²) in [6, 6.07) is 0. The maximum atomic E-state index is 11.9. The van der Waals surface area contributed by atoms with E-state index < -0.39 is 17.9 Å². The zero-order valence-corrected chi connectivity index (χ0v) is 85.0. The minimum absolute atomic E-state index is 0. The Kier molecular flexibility index (Phi) is 119. The maximum Gasteiger partial charge on any atom is 0.303 e. The molecule has 0 aliphatic carbocycles. The van der Waals surface area contributed by atoms with E-state index in [2.05, 4.69) is 22.5 Å². The van der Waals surface area contributed by atoms with Crippen LogP contribution in [0.25, 0.3) is 0 Å². The predicted molar refractivity (Wildman–Crippen MR) is 531 cm³/mol. The first kappa shape index (κ1) is 136. The van der Waals surface area contributed by atoms with Crippen molar-refractivity contribution in [3.63, 3.8) is 0 Å². The molecule has 3 rings (SSSR count). The van der Waals surface area contributed by atoms with Crippen molar-refractivity contribution in [1.29, 1.82) is 0 Å². The largest absolute Gasteiger partial charge is 0.481 e. The van der Waals surface area contributed by atoms with E-state index in [-0.39, 0.29) is 44.1 Å². The van der Waals surface area contributed by atoms with Gasteiger partial charge in [0.2, 0.25) is 17.7 Å². The second kappa shape index (κ2) is 118. The highest BCUT2D eigenvalue weighted by molar-refractivity contribution is 8.78. The summed E-state index contributed by atoms with van der Waals surface area (Å²) < 4.78 is 132. The number of carboxylic acids is 3. The number of hydrogen-bond donors (Lipinski definition) is 6. The molecule has 3 aliphatic heterocycles. The molecule has 3 atom stereocenters. The SMILES string of the molecule is C.C=CCNC(=O)CCCCCOCCOCCOCCOCCOCCOCCOCCOCCOCCOCCOCCOCCNC(=O)CCCC[C@@H]1CCSS1.CCC(=O)O.F.O=C(O)CCCCCOCCOCCOCCOCCOCCOCCOCCOCCOCCOCCOCCOCCNC(=O)CCCC[C@@H]1CCSS1.O=C(O)CCCC[C@@H]1CCSS1.[HH]. The molecule has 134 heavy (non-hydrogen) atoms. The van der Waals surface area contributed by atoms with Crippen LogP contribution in [-0.4, -0.2) is 421 Å². The number of aliphatic carboxylic acids is 3. The molecule has 0 aromatic rings. The quantitative estimate of drug-likeness (QED) is 0.0187. The zero-order valence-electron chi connectivity index (χ0n) is 80.1. The Balaban J connectivity index is -0.00000106. The number of rotatable bonds is 102. The Morgan fingerprint density at radius 2 is 0.448 bits per heavy atom. The lowest BCUT2D eigenvalue weighted by molar-refractivity contribution is -0.138. The fourth-order valence-electron chi connectivity index (χ4n) is 11.0. The molecule has 0 radical (unpaired) electrons. The van der Waals surface area contributed by atoms with Crippen LogP contribution in [0.3, 0.4) is 0 Å². The zero-order chi connectivity index (χ0) is 95.4. The second-order valence-electron chi connectivity index (χ2n) is 29.4. The lowest BCUT2D eigenvalue weighted by Crippen LogP contribution is -2.27. The lowest BCUT2D eigenvalue weighted by Gasteiger charge is -2.09.